The van der Waals surface area contributed by atoms with Crippen LogP contribution in [0.5, 0.6) is 5.75 Å². The number of rotatable bonds is 5. The van der Waals surface area contributed by atoms with Gasteiger partial charge in [0.25, 0.3) is 0 Å². The van der Waals surface area contributed by atoms with Gasteiger partial charge < -0.3 is 10.0 Å². The van der Waals surface area contributed by atoms with Crippen LogP contribution in [0.25, 0.3) is 0 Å². The number of phenols is 1. The summed E-state index contributed by atoms with van der Waals surface area (Å²) in [5.41, 5.74) is 0.887. The first-order valence-corrected chi connectivity index (χ1v) is 6.10. The highest BCUT2D eigenvalue weighted by atomic mass is 16.3. The van der Waals surface area contributed by atoms with E-state index >= 15 is 0 Å². The first kappa shape index (κ1) is 12.4. The molecule has 1 aromatic heterocycles. The molecule has 0 atom stereocenters. The van der Waals surface area contributed by atoms with Crippen LogP contribution in [0.3, 0.4) is 0 Å². The monoisotopic (exact) mass is 243 g/mol. The molecule has 0 unspecified atom stereocenters. The molecule has 0 aliphatic heterocycles. The van der Waals surface area contributed by atoms with Gasteiger partial charge in [0.2, 0.25) is 5.95 Å². The van der Waals surface area contributed by atoms with Crippen LogP contribution in [0.4, 0.5) is 5.95 Å². The van der Waals surface area contributed by atoms with Crippen molar-refractivity contribution in [3.8, 4) is 5.75 Å². The van der Waals surface area contributed by atoms with Gasteiger partial charge >= 0.3 is 0 Å². The topological polar surface area (TPSA) is 49.2 Å². The average molecular weight is 243 g/mol. The molecule has 0 saturated heterocycles. The molecule has 0 aliphatic rings. The van der Waals surface area contributed by atoms with E-state index in [9.17, 15) is 5.11 Å². The minimum Gasteiger partial charge on any atom is -0.508 e. The second-order valence-corrected chi connectivity index (χ2v) is 4.10. The first-order valence-electron chi connectivity index (χ1n) is 6.10. The molecule has 0 amide bonds. The van der Waals surface area contributed by atoms with Crippen molar-refractivity contribution in [1.29, 1.82) is 0 Å². The fraction of sp³-hybridized carbons (Fsp3) is 0.286. The molecule has 0 aliphatic carbocycles. The largest absolute Gasteiger partial charge is 0.508 e. The highest BCUT2D eigenvalue weighted by Crippen LogP contribution is 2.19. The lowest BCUT2D eigenvalue weighted by Crippen LogP contribution is -2.25. The lowest BCUT2D eigenvalue weighted by molar-refractivity contribution is 0.467. The number of nitrogens with zero attached hydrogens (tertiary/aromatic N) is 3. The van der Waals surface area contributed by atoms with Crippen LogP contribution in [-0.4, -0.2) is 21.6 Å². The van der Waals surface area contributed by atoms with Gasteiger partial charge in [0.1, 0.15) is 5.75 Å². The van der Waals surface area contributed by atoms with Gasteiger partial charge in [0.05, 0.1) is 0 Å². The summed E-state index contributed by atoms with van der Waals surface area (Å²) in [7, 11) is 0. The number of phenolic OH excluding ortho intramolecular Hbond substituents is 1. The predicted molar refractivity (Wildman–Crippen MR) is 71.5 cm³/mol. The van der Waals surface area contributed by atoms with Gasteiger partial charge in [0.15, 0.2) is 0 Å². The summed E-state index contributed by atoms with van der Waals surface area (Å²) in [6.07, 6.45) is 4.47. The standard InChI is InChI=1S/C14H17N3O/c1-2-10-17(14-15-8-5-9-16-14)11-12-6-3-4-7-13(12)18/h3-9,18H,2,10-11H2,1H3. The maximum atomic E-state index is 9.81. The molecule has 94 valence electrons. The Balaban J connectivity index is 2.19. The molecule has 0 bridgehead atoms. The zero-order valence-electron chi connectivity index (χ0n) is 10.5. The smallest absolute Gasteiger partial charge is 0.225 e. The van der Waals surface area contributed by atoms with E-state index in [0.29, 0.717) is 18.2 Å². The van der Waals surface area contributed by atoms with Crippen LogP contribution in [0, 0.1) is 0 Å². The molecule has 0 saturated carbocycles. The van der Waals surface area contributed by atoms with Gasteiger partial charge in [-0.3, -0.25) is 0 Å². The third-order valence-electron chi connectivity index (χ3n) is 2.68. The summed E-state index contributed by atoms with van der Waals surface area (Å²) >= 11 is 0. The van der Waals surface area contributed by atoms with Crippen LogP contribution < -0.4 is 4.90 Å². The van der Waals surface area contributed by atoms with E-state index in [2.05, 4.69) is 21.8 Å². The summed E-state index contributed by atoms with van der Waals surface area (Å²) in [5, 5.41) is 9.81. The Bertz CT molecular complexity index is 487. The fourth-order valence-corrected chi connectivity index (χ4v) is 1.82. The molecule has 1 aromatic carbocycles. The van der Waals surface area contributed by atoms with Crippen LogP contribution >= 0.6 is 0 Å². The third kappa shape index (κ3) is 2.97. The summed E-state index contributed by atoms with van der Waals surface area (Å²) < 4.78 is 0. The molecule has 0 radical (unpaired) electrons. The van der Waals surface area contributed by atoms with E-state index in [1.165, 1.54) is 0 Å². The Morgan fingerprint density at radius 2 is 1.83 bits per heavy atom. The first-order chi connectivity index (χ1) is 8.81. The van der Waals surface area contributed by atoms with E-state index in [1.54, 1.807) is 24.5 Å². The Hall–Kier alpha value is -2.10. The second kappa shape index (κ2) is 6.00. The van der Waals surface area contributed by atoms with Crippen molar-refractivity contribution in [3.63, 3.8) is 0 Å². The van der Waals surface area contributed by atoms with E-state index in [0.717, 1.165) is 18.5 Å². The molecule has 4 heteroatoms. The van der Waals surface area contributed by atoms with Gasteiger partial charge in [-0.15, -0.1) is 0 Å². The number of para-hydroxylation sites is 1. The number of aromatic nitrogens is 2. The summed E-state index contributed by atoms with van der Waals surface area (Å²) in [6, 6.07) is 9.16. The van der Waals surface area contributed by atoms with Gasteiger partial charge in [-0.1, -0.05) is 25.1 Å². The zero-order chi connectivity index (χ0) is 12.8. The normalized spacial score (nSPS) is 10.3. The lowest BCUT2D eigenvalue weighted by atomic mass is 10.2. The molecule has 4 nitrogen and oxygen atoms in total. The van der Waals surface area contributed by atoms with Crippen molar-refractivity contribution < 1.29 is 5.11 Å². The molecular formula is C14H17N3O. The van der Waals surface area contributed by atoms with Gasteiger partial charge in [0, 0.05) is 31.0 Å². The fourth-order valence-electron chi connectivity index (χ4n) is 1.82. The number of anilines is 1. The van der Waals surface area contributed by atoms with E-state index in [-0.39, 0.29) is 0 Å². The maximum Gasteiger partial charge on any atom is 0.225 e. The van der Waals surface area contributed by atoms with Crippen molar-refractivity contribution in [2.24, 2.45) is 0 Å². The molecule has 1 heterocycles. The van der Waals surface area contributed by atoms with Crippen molar-refractivity contribution in [1.82, 2.24) is 9.97 Å². The Morgan fingerprint density at radius 1 is 1.11 bits per heavy atom. The Kier molecular flexibility index (Phi) is 4.12. The molecule has 0 fully saturated rings. The zero-order valence-corrected chi connectivity index (χ0v) is 10.5. The van der Waals surface area contributed by atoms with Crippen molar-refractivity contribution in [2.75, 3.05) is 11.4 Å². The number of hydrogen-bond acceptors (Lipinski definition) is 4. The Labute approximate surface area is 107 Å². The average Bonchev–Trinajstić information content (AvgIpc) is 2.42. The minimum absolute atomic E-state index is 0.314. The molecule has 2 aromatic rings. The number of benzene rings is 1. The molecule has 18 heavy (non-hydrogen) atoms. The van der Waals surface area contributed by atoms with E-state index in [4.69, 9.17) is 0 Å². The quantitative estimate of drug-likeness (QED) is 0.877. The minimum atomic E-state index is 0.314. The van der Waals surface area contributed by atoms with Gasteiger partial charge in [-0.25, -0.2) is 9.97 Å². The Morgan fingerprint density at radius 3 is 2.50 bits per heavy atom. The van der Waals surface area contributed by atoms with Crippen LogP contribution in [0.1, 0.15) is 18.9 Å². The number of aromatic hydroxyl groups is 1. The third-order valence-corrected chi connectivity index (χ3v) is 2.68. The maximum absolute atomic E-state index is 9.81. The second-order valence-electron chi connectivity index (χ2n) is 4.10. The van der Waals surface area contributed by atoms with E-state index < -0.39 is 0 Å². The highest BCUT2D eigenvalue weighted by molar-refractivity contribution is 5.37. The summed E-state index contributed by atoms with van der Waals surface area (Å²) in [4.78, 5) is 10.6. The van der Waals surface area contributed by atoms with Crippen LogP contribution in [-0.2, 0) is 6.54 Å². The number of hydrogen-bond donors (Lipinski definition) is 1. The molecule has 1 N–H and O–H groups in total. The molecule has 2 rings (SSSR count). The SMILES string of the molecule is CCCN(Cc1ccccc1O)c1ncccn1. The van der Waals surface area contributed by atoms with Gasteiger partial charge in [-0.05, 0) is 18.6 Å². The predicted octanol–water partition coefficient (Wildman–Crippen LogP) is 2.60. The highest BCUT2D eigenvalue weighted by Gasteiger charge is 2.10. The summed E-state index contributed by atoms with van der Waals surface area (Å²) in [5.74, 6) is 1.01. The van der Waals surface area contributed by atoms with Gasteiger partial charge in [-0.2, -0.15) is 0 Å². The van der Waals surface area contributed by atoms with Crippen LogP contribution in [0.2, 0.25) is 0 Å². The summed E-state index contributed by atoms with van der Waals surface area (Å²) in [6.45, 7) is 3.59. The molecule has 0 spiro atoms. The van der Waals surface area contributed by atoms with Crippen molar-refractivity contribution >= 4 is 5.95 Å². The van der Waals surface area contributed by atoms with E-state index in [1.807, 2.05) is 18.2 Å². The van der Waals surface area contributed by atoms with Crippen molar-refractivity contribution in [3.05, 3.63) is 48.3 Å². The van der Waals surface area contributed by atoms with Crippen molar-refractivity contribution in [2.45, 2.75) is 19.9 Å². The molecular weight excluding hydrogens is 226 g/mol. The lowest BCUT2D eigenvalue weighted by Gasteiger charge is -2.22. The van der Waals surface area contributed by atoms with Crippen LogP contribution in [0.15, 0.2) is 42.7 Å².